The van der Waals surface area contributed by atoms with Gasteiger partial charge in [0.25, 0.3) is 0 Å². The van der Waals surface area contributed by atoms with Crippen molar-refractivity contribution in [2.24, 2.45) is 0 Å². The fraction of sp³-hybridized carbons (Fsp3) is 0.771. The molecule has 0 saturated heterocycles. The largest absolute Gasteiger partial charge is 0.481 e. The third-order valence-corrected chi connectivity index (χ3v) is 8.07. The Bertz CT molecular complexity index is 742. The quantitative estimate of drug-likeness (QED) is 0.103. The summed E-state index contributed by atoms with van der Waals surface area (Å²) in [5.41, 5.74) is 4.80. The lowest BCUT2D eigenvalue weighted by molar-refractivity contribution is -0.138. The van der Waals surface area contributed by atoms with Crippen LogP contribution in [0.25, 0.3) is 0 Å². The Labute approximate surface area is 240 Å². The van der Waals surface area contributed by atoms with Crippen molar-refractivity contribution >= 4 is 11.9 Å². The SMILES string of the molecule is CCCCCCCCCc1cccc(CCCCCCCCCC(=O)O)c1CCCCCCCCCC(=O)O. The summed E-state index contributed by atoms with van der Waals surface area (Å²) in [6.45, 7) is 2.28. The van der Waals surface area contributed by atoms with Gasteiger partial charge in [0.15, 0.2) is 0 Å². The average molecular weight is 545 g/mol. The Morgan fingerprint density at radius 1 is 0.487 bits per heavy atom. The first-order valence-electron chi connectivity index (χ1n) is 16.6. The van der Waals surface area contributed by atoms with Gasteiger partial charge in [-0.1, -0.05) is 128 Å². The number of unbranched alkanes of at least 4 members (excludes halogenated alkanes) is 18. The first kappa shape index (κ1) is 35.2. The Hall–Kier alpha value is -1.84. The van der Waals surface area contributed by atoms with E-state index >= 15 is 0 Å². The van der Waals surface area contributed by atoms with Crippen molar-refractivity contribution in [3.63, 3.8) is 0 Å². The van der Waals surface area contributed by atoms with E-state index in [4.69, 9.17) is 10.2 Å². The molecular formula is C35H60O4. The van der Waals surface area contributed by atoms with Crippen LogP contribution in [0.3, 0.4) is 0 Å². The van der Waals surface area contributed by atoms with Gasteiger partial charge in [-0.3, -0.25) is 9.59 Å². The Morgan fingerprint density at radius 2 is 0.821 bits per heavy atom. The number of hydrogen-bond acceptors (Lipinski definition) is 2. The molecule has 0 radical (unpaired) electrons. The molecule has 224 valence electrons. The molecule has 0 heterocycles. The highest BCUT2D eigenvalue weighted by Gasteiger charge is 2.09. The number of benzene rings is 1. The molecule has 0 aliphatic carbocycles. The zero-order valence-electron chi connectivity index (χ0n) is 25.3. The van der Waals surface area contributed by atoms with E-state index in [1.165, 1.54) is 116 Å². The van der Waals surface area contributed by atoms with Crippen LogP contribution >= 0.6 is 0 Å². The highest BCUT2D eigenvalue weighted by atomic mass is 16.4. The minimum atomic E-state index is -0.673. The normalized spacial score (nSPS) is 11.2. The van der Waals surface area contributed by atoms with Gasteiger partial charge in [-0.2, -0.15) is 0 Å². The van der Waals surface area contributed by atoms with Crippen molar-refractivity contribution in [1.82, 2.24) is 0 Å². The van der Waals surface area contributed by atoms with Crippen molar-refractivity contribution < 1.29 is 19.8 Å². The van der Waals surface area contributed by atoms with E-state index in [1.807, 2.05) is 0 Å². The van der Waals surface area contributed by atoms with Crippen LogP contribution in [0.4, 0.5) is 0 Å². The lowest BCUT2D eigenvalue weighted by Gasteiger charge is -2.16. The van der Waals surface area contributed by atoms with Crippen LogP contribution in [0.1, 0.15) is 171 Å². The van der Waals surface area contributed by atoms with Gasteiger partial charge in [0.2, 0.25) is 0 Å². The molecule has 0 aliphatic heterocycles. The molecule has 0 aliphatic rings. The van der Waals surface area contributed by atoms with Crippen LogP contribution in [0.15, 0.2) is 18.2 Å². The molecule has 1 aromatic carbocycles. The zero-order valence-corrected chi connectivity index (χ0v) is 25.3. The molecule has 2 N–H and O–H groups in total. The standard InChI is InChI=1S/C35H60O4/c1-2-3-4-5-8-13-18-24-31-26-23-27-32(25-19-14-9-6-11-16-21-29-34(36)37)33(31)28-20-15-10-7-12-17-22-30-35(38)39/h23,26-27H,2-22,24-25,28-30H2,1H3,(H,36,37)(H,38,39). The second-order valence-corrected chi connectivity index (χ2v) is 11.7. The van der Waals surface area contributed by atoms with E-state index in [9.17, 15) is 9.59 Å². The summed E-state index contributed by atoms with van der Waals surface area (Å²) in [4.78, 5) is 21.3. The smallest absolute Gasteiger partial charge is 0.303 e. The van der Waals surface area contributed by atoms with Crippen LogP contribution in [0.2, 0.25) is 0 Å². The molecule has 0 saturated carbocycles. The van der Waals surface area contributed by atoms with E-state index in [-0.39, 0.29) is 0 Å². The Balaban J connectivity index is 2.45. The minimum Gasteiger partial charge on any atom is -0.481 e. The molecule has 4 nitrogen and oxygen atoms in total. The van der Waals surface area contributed by atoms with Gasteiger partial charge in [0.1, 0.15) is 0 Å². The van der Waals surface area contributed by atoms with Crippen molar-refractivity contribution in [3.05, 3.63) is 34.9 Å². The van der Waals surface area contributed by atoms with E-state index in [0.717, 1.165) is 38.5 Å². The highest BCUT2D eigenvalue weighted by Crippen LogP contribution is 2.24. The van der Waals surface area contributed by atoms with Gasteiger partial charge >= 0.3 is 11.9 Å². The van der Waals surface area contributed by atoms with Gasteiger partial charge < -0.3 is 10.2 Å². The number of carbonyl (C=O) groups is 2. The number of carboxylic acids is 2. The molecule has 4 heteroatoms. The predicted octanol–water partition coefficient (Wildman–Crippen LogP) is 10.5. The van der Waals surface area contributed by atoms with Gasteiger partial charge in [-0.05, 0) is 68.1 Å². The maximum absolute atomic E-state index is 10.6. The molecule has 0 atom stereocenters. The molecule has 0 aromatic heterocycles. The van der Waals surface area contributed by atoms with Gasteiger partial charge in [-0.15, -0.1) is 0 Å². The van der Waals surface area contributed by atoms with Crippen molar-refractivity contribution in [2.45, 2.75) is 174 Å². The summed E-state index contributed by atoms with van der Waals surface area (Å²) in [6, 6.07) is 7.04. The van der Waals surface area contributed by atoms with Crippen LogP contribution in [0.5, 0.6) is 0 Å². The molecule has 0 bridgehead atoms. The third-order valence-electron chi connectivity index (χ3n) is 8.07. The average Bonchev–Trinajstić information content (AvgIpc) is 2.91. The molecule has 39 heavy (non-hydrogen) atoms. The van der Waals surface area contributed by atoms with Crippen LogP contribution in [-0.2, 0) is 28.9 Å². The summed E-state index contributed by atoms with van der Waals surface area (Å²) in [5, 5.41) is 17.5. The number of rotatable bonds is 28. The first-order chi connectivity index (χ1) is 19.0. The number of hydrogen-bond donors (Lipinski definition) is 2. The maximum Gasteiger partial charge on any atom is 0.303 e. The Kier molecular flexibility index (Phi) is 22.7. The predicted molar refractivity (Wildman–Crippen MR) is 165 cm³/mol. The molecule has 0 unspecified atom stereocenters. The number of carboxylic acid groups (broad SMARTS) is 2. The van der Waals surface area contributed by atoms with E-state index in [1.54, 1.807) is 16.7 Å². The van der Waals surface area contributed by atoms with Crippen molar-refractivity contribution in [3.8, 4) is 0 Å². The second kappa shape index (κ2) is 25.1. The molecule has 0 spiro atoms. The zero-order chi connectivity index (χ0) is 28.4. The summed E-state index contributed by atoms with van der Waals surface area (Å²) in [5.74, 6) is -1.35. The van der Waals surface area contributed by atoms with Gasteiger partial charge in [0.05, 0.1) is 0 Å². The maximum atomic E-state index is 10.6. The van der Waals surface area contributed by atoms with Gasteiger partial charge in [-0.25, -0.2) is 0 Å². The summed E-state index contributed by atoms with van der Waals surface area (Å²) >= 11 is 0. The second-order valence-electron chi connectivity index (χ2n) is 11.7. The molecule has 0 fully saturated rings. The van der Waals surface area contributed by atoms with Crippen molar-refractivity contribution in [1.29, 1.82) is 0 Å². The summed E-state index contributed by atoms with van der Waals surface area (Å²) in [7, 11) is 0. The first-order valence-corrected chi connectivity index (χ1v) is 16.6. The fourth-order valence-corrected chi connectivity index (χ4v) is 5.69. The highest BCUT2D eigenvalue weighted by molar-refractivity contribution is 5.66. The van der Waals surface area contributed by atoms with Crippen LogP contribution in [-0.4, -0.2) is 22.2 Å². The third kappa shape index (κ3) is 20.7. The van der Waals surface area contributed by atoms with Crippen LogP contribution in [0, 0.1) is 0 Å². The lowest BCUT2D eigenvalue weighted by atomic mass is 9.90. The summed E-state index contributed by atoms with van der Waals surface area (Å²) < 4.78 is 0. The lowest BCUT2D eigenvalue weighted by Crippen LogP contribution is -2.02. The van der Waals surface area contributed by atoms with Crippen LogP contribution < -0.4 is 0 Å². The molecular weight excluding hydrogens is 484 g/mol. The topological polar surface area (TPSA) is 74.6 Å². The minimum absolute atomic E-state index is 0.310. The monoisotopic (exact) mass is 544 g/mol. The fourth-order valence-electron chi connectivity index (χ4n) is 5.69. The van der Waals surface area contributed by atoms with E-state index in [2.05, 4.69) is 25.1 Å². The van der Waals surface area contributed by atoms with E-state index in [0.29, 0.717) is 12.8 Å². The summed E-state index contributed by atoms with van der Waals surface area (Å²) in [6.07, 6.45) is 29.7. The van der Waals surface area contributed by atoms with E-state index < -0.39 is 11.9 Å². The van der Waals surface area contributed by atoms with Crippen molar-refractivity contribution in [2.75, 3.05) is 0 Å². The number of aliphatic carboxylic acids is 2. The number of aryl methyl sites for hydroxylation is 2. The van der Waals surface area contributed by atoms with Gasteiger partial charge in [0, 0.05) is 12.8 Å². The Morgan fingerprint density at radius 3 is 1.21 bits per heavy atom. The molecule has 1 rings (SSSR count). The molecule has 1 aromatic rings. The molecule has 0 amide bonds.